The Kier molecular flexibility index (Phi) is 3.55. The molecule has 4 heteroatoms. The maximum absolute atomic E-state index is 12.7. The monoisotopic (exact) mass is 299 g/mol. The van der Waals surface area contributed by atoms with Crippen molar-refractivity contribution >= 4 is 28.0 Å². The summed E-state index contributed by atoms with van der Waals surface area (Å²) in [6, 6.07) is 5.80. The van der Waals surface area contributed by atoms with Gasteiger partial charge in [-0.15, -0.1) is 0 Å². The Morgan fingerprint density at radius 3 is 2.71 bits per heavy atom. The fraction of sp³-hybridized carbons (Fsp3) is 0.235. The highest BCUT2D eigenvalue weighted by atomic mass is 32.1. The van der Waals surface area contributed by atoms with E-state index in [2.05, 4.69) is 4.98 Å². The third kappa shape index (κ3) is 2.59. The van der Waals surface area contributed by atoms with Gasteiger partial charge >= 0.3 is 0 Å². The molecule has 21 heavy (non-hydrogen) atoms. The molecule has 0 unspecified atom stereocenters. The standard InChI is InChI=1S/C17H17NO2S/c1-10(2)20-12-4-5-16-13(6-12)14(7-18-16)17(19)15-9-21-8-11(15)3/h4-10,18H,1-3H3. The number of hydrogen-bond donors (Lipinski definition) is 1. The Morgan fingerprint density at radius 2 is 2.05 bits per heavy atom. The fourth-order valence-corrected chi connectivity index (χ4v) is 3.20. The van der Waals surface area contributed by atoms with Crippen LogP contribution in [0.1, 0.15) is 35.3 Å². The summed E-state index contributed by atoms with van der Waals surface area (Å²) in [5.74, 6) is 0.842. The summed E-state index contributed by atoms with van der Waals surface area (Å²) >= 11 is 1.55. The fourth-order valence-electron chi connectivity index (χ4n) is 2.37. The van der Waals surface area contributed by atoms with Crippen molar-refractivity contribution in [2.75, 3.05) is 0 Å². The molecular weight excluding hydrogens is 282 g/mol. The zero-order chi connectivity index (χ0) is 15.0. The summed E-state index contributed by atoms with van der Waals surface area (Å²) in [5, 5.41) is 4.81. The van der Waals surface area contributed by atoms with Crippen molar-refractivity contribution < 1.29 is 9.53 Å². The molecule has 0 fully saturated rings. The number of aromatic nitrogens is 1. The highest BCUT2D eigenvalue weighted by molar-refractivity contribution is 7.08. The maximum atomic E-state index is 12.7. The first-order chi connectivity index (χ1) is 10.1. The second kappa shape index (κ2) is 5.37. The molecule has 0 atom stereocenters. The molecule has 0 amide bonds. The summed E-state index contributed by atoms with van der Waals surface area (Å²) in [6.45, 7) is 5.94. The SMILES string of the molecule is Cc1cscc1C(=O)c1c[nH]c2ccc(OC(C)C)cc12. The van der Waals surface area contributed by atoms with Crippen LogP contribution in [0.2, 0.25) is 0 Å². The second-order valence-electron chi connectivity index (χ2n) is 5.37. The van der Waals surface area contributed by atoms with Crippen LogP contribution in [-0.4, -0.2) is 16.9 Å². The summed E-state index contributed by atoms with van der Waals surface area (Å²) < 4.78 is 5.72. The number of aromatic amines is 1. The van der Waals surface area contributed by atoms with Gasteiger partial charge in [0.05, 0.1) is 6.10 Å². The smallest absolute Gasteiger partial charge is 0.196 e. The average Bonchev–Trinajstić information content (AvgIpc) is 3.03. The Labute approximate surface area is 127 Å². The van der Waals surface area contributed by atoms with Crippen LogP contribution in [0.5, 0.6) is 5.75 Å². The topological polar surface area (TPSA) is 42.1 Å². The molecule has 2 heterocycles. The van der Waals surface area contributed by atoms with E-state index in [0.29, 0.717) is 5.56 Å². The molecule has 0 aliphatic rings. The number of carbonyl (C=O) groups is 1. The maximum Gasteiger partial charge on any atom is 0.196 e. The van der Waals surface area contributed by atoms with E-state index in [1.165, 1.54) is 0 Å². The van der Waals surface area contributed by atoms with Gasteiger partial charge in [0.2, 0.25) is 0 Å². The third-order valence-electron chi connectivity index (χ3n) is 3.37. The van der Waals surface area contributed by atoms with Gasteiger partial charge in [0.1, 0.15) is 5.75 Å². The molecule has 3 rings (SSSR count). The number of fused-ring (bicyclic) bond motifs is 1. The number of carbonyl (C=O) groups excluding carboxylic acids is 1. The van der Waals surface area contributed by atoms with Crippen LogP contribution in [0, 0.1) is 6.92 Å². The molecule has 0 saturated heterocycles. The van der Waals surface area contributed by atoms with Crippen LogP contribution in [0.3, 0.4) is 0 Å². The first-order valence-electron chi connectivity index (χ1n) is 6.91. The Hall–Kier alpha value is -2.07. The van der Waals surface area contributed by atoms with E-state index < -0.39 is 0 Å². The predicted molar refractivity (Wildman–Crippen MR) is 86.6 cm³/mol. The molecule has 0 aliphatic carbocycles. The summed E-state index contributed by atoms with van der Waals surface area (Å²) in [7, 11) is 0. The number of ketones is 1. The lowest BCUT2D eigenvalue weighted by molar-refractivity contribution is 0.104. The zero-order valence-corrected chi connectivity index (χ0v) is 13.1. The molecule has 0 saturated carbocycles. The van der Waals surface area contributed by atoms with E-state index >= 15 is 0 Å². The van der Waals surface area contributed by atoms with Crippen molar-refractivity contribution in [2.24, 2.45) is 0 Å². The van der Waals surface area contributed by atoms with Crippen molar-refractivity contribution in [2.45, 2.75) is 26.9 Å². The van der Waals surface area contributed by atoms with Crippen LogP contribution in [0.15, 0.2) is 35.2 Å². The number of nitrogens with one attached hydrogen (secondary N) is 1. The summed E-state index contributed by atoms with van der Waals surface area (Å²) in [6.07, 6.45) is 1.89. The van der Waals surface area contributed by atoms with E-state index in [1.54, 1.807) is 17.5 Å². The molecule has 108 valence electrons. The van der Waals surface area contributed by atoms with Gasteiger partial charge in [0.25, 0.3) is 0 Å². The van der Waals surface area contributed by atoms with Gasteiger partial charge in [-0.3, -0.25) is 4.79 Å². The predicted octanol–water partition coefficient (Wildman–Crippen LogP) is 4.56. The molecule has 0 radical (unpaired) electrons. The minimum absolute atomic E-state index is 0.0571. The van der Waals surface area contributed by atoms with E-state index in [1.807, 2.05) is 49.7 Å². The molecular formula is C17H17NO2S. The lowest BCUT2D eigenvalue weighted by Gasteiger charge is -2.09. The minimum Gasteiger partial charge on any atom is -0.491 e. The second-order valence-corrected chi connectivity index (χ2v) is 6.12. The molecule has 0 spiro atoms. The first kappa shape index (κ1) is 13.9. The number of hydrogen-bond acceptors (Lipinski definition) is 3. The Bertz CT molecular complexity index is 798. The molecule has 1 aromatic carbocycles. The number of thiophene rings is 1. The van der Waals surface area contributed by atoms with E-state index in [0.717, 1.165) is 27.8 Å². The highest BCUT2D eigenvalue weighted by Crippen LogP contribution is 2.27. The number of aryl methyl sites for hydroxylation is 1. The van der Waals surface area contributed by atoms with Crippen molar-refractivity contribution in [3.05, 3.63) is 51.8 Å². The van der Waals surface area contributed by atoms with Crippen LogP contribution in [0.25, 0.3) is 10.9 Å². The third-order valence-corrected chi connectivity index (χ3v) is 4.23. The Balaban J connectivity index is 2.06. The molecule has 0 aliphatic heterocycles. The van der Waals surface area contributed by atoms with Gasteiger partial charge in [0, 0.05) is 33.6 Å². The first-order valence-corrected chi connectivity index (χ1v) is 7.86. The number of ether oxygens (including phenoxy) is 1. The summed E-state index contributed by atoms with van der Waals surface area (Å²) in [4.78, 5) is 15.8. The van der Waals surface area contributed by atoms with E-state index in [4.69, 9.17) is 4.74 Å². The molecule has 0 bridgehead atoms. The molecule has 3 nitrogen and oxygen atoms in total. The normalized spacial score (nSPS) is 11.2. The van der Waals surface area contributed by atoms with Crippen LogP contribution >= 0.6 is 11.3 Å². The Morgan fingerprint density at radius 1 is 1.24 bits per heavy atom. The van der Waals surface area contributed by atoms with Gasteiger partial charge in [0.15, 0.2) is 5.78 Å². The lowest BCUT2D eigenvalue weighted by Crippen LogP contribution is -2.05. The number of benzene rings is 1. The van der Waals surface area contributed by atoms with Crippen LogP contribution < -0.4 is 4.74 Å². The van der Waals surface area contributed by atoms with Gasteiger partial charge in [-0.1, -0.05) is 0 Å². The largest absolute Gasteiger partial charge is 0.491 e. The van der Waals surface area contributed by atoms with Crippen molar-refractivity contribution in [3.63, 3.8) is 0 Å². The quantitative estimate of drug-likeness (QED) is 0.718. The van der Waals surface area contributed by atoms with E-state index in [9.17, 15) is 4.79 Å². The van der Waals surface area contributed by atoms with Crippen LogP contribution in [-0.2, 0) is 0 Å². The lowest BCUT2D eigenvalue weighted by atomic mass is 10.0. The van der Waals surface area contributed by atoms with Gasteiger partial charge in [-0.25, -0.2) is 0 Å². The number of rotatable bonds is 4. The number of H-pyrrole nitrogens is 1. The van der Waals surface area contributed by atoms with Gasteiger partial charge in [-0.05, 0) is 49.9 Å². The zero-order valence-electron chi connectivity index (χ0n) is 12.3. The average molecular weight is 299 g/mol. The van der Waals surface area contributed by atoms with Crippen molar-refractivity contribution in [1.29, 1.82) is 0 Å². The molecule has 2 aromatic heterocycles. The molecule has 3 aromatic rings. The van der Waals surface area contributed by atoms with E-state index in [-0.39, 0.29) is 11.9 Å². The highest BCUT2D eigenvalue weighted by Gasteiger charge is 2.17. The minimum atomic E-state index is 0.0571. The van der Waals surface area contributed by atoms with Gasteiger partial charge in [-0.2, -0.15) is 11.3 Å². The van der Waals surface area contributed by atoms with Crippen molar-refractivity contribution in [1.82, 2.24) is 4.98 Å². The molecule has 1 N–H and O–H groups in total. The van der Waals surface area contributed by atoms with Gasteiger partial charge < -0.3 is 9.72 Å². The van der Waals surface area contributed by atoms with Crippen molar-refractivity contribution in [3.8, 4) is 5.75 Å². The van der Waals surface area contributed by atoms with Crippen LogP contribution in [0.4, 0.5) is 0 Å². The summed E-state index contributed by atoms with van der Waals surface area (Å²) in [5.41, 5.74) is 3.44.